The molecular formula is C18H18ClN3O3. The van der Waals surface area contributed by atoms with Crippen LogP contribution in [0.1, 0.15) is 36.5 Å². The monoisotopic (exact) mass is 359 g/mol. The highest BCUT2D eigenvalue weighted by atomic mass is 35.5. The van der Waals surface area contributed by atoms with E-state index in [-0.39, 0.29) is 11.3 Å². The number of imidazole rings is 1. The molecule has 0 unspecified atom stereocenters. The molecule has 7 heteroatoms. The molecule has 0 aliphatic carbocycles. The number of H-pyrrole nitrogens is 1. The molecule has 2 aromatic heterocycles. The average molecular weight is 360 g/mol. The topological polar surface area (TPSA) is 88.0 Å². The first-order chi connectivity index (χ1) is 12.0. The van der Waals surface area contributed by atoms with E-state index in [0.29, 0.717) is 33.9 Å². The molecular weight excluding hydrogens is 342 g/mol. The van der Waals surface area contributed by atoms with Crippen LogP contribution in [0.3, 0.4) is 0 Å². The predicted octanol–water partition coefficient (Wildman–Crippen LogP) is 3.93. The summed E-state index contributed by atoms with van der Waals surface area (Å²) in [5.41, 5.74) is 1.79. The highest BCUT2D eigenvalue weighted by Gasteiger charge is 2.20. The summed E-state index contributed by atoms with van der Waals surface area (Å²) in [6.45, 7) is 2.61. The van der Waals surface area contributed by atoms with Gasteiger partial charge in [0.05, 0.1) is 16.1 Å². The van der Waals surface area contributed by atoms with Crippen LogP contribution in [-0.4, -0.2) is 25.6 Å². The van der Waals surface area contributed by atoms with Gasteiger partial charge in [-0.25, -0.2) is 14.6 Å². The minimum absolute atomic E-state index is 0.130. The molecule has 0 saturated carbocycles. The van der Waals surface area contributed by atoms with Gasteiger partial charge >= 0.3 is 11.7 Å². The lowest BCUT2D eigenvalue weighted by Gasteiger charge is -2.12. The Labute approximate surface area is 149 Å². The highest BCUT2D eigenvalue weighted by Crippen LogP contribution is 2.35. The van der Waals surface area contributed by atoms with Crippen molar-refractivity contribution in [1.29, 1.82) is 0 Å². The molecule has 3 rings (SSSR count). The minimum atomic E-state index is -1.05. The first kappa shape index (κ1) is 17.2. The van der Waals surface area contributed by atoms with Crippen molar-refractivity contribution in [2.75, 3.05) is 0 Å². The van der Waals surface area contributed by atoms with Crippen LogP contribution >= 0.6 is 11.6 Å². The third-order valence-electron chi connectivity index (χ3n) is 4.16. The van der Waals surface area contributed by atoms with Crippen LogP contribution < -0.4 is 5.69 Å². The zero-order valence-corrected chi connectivity index (χ0v) is 14.5. The Morgan fingerprint density at radius 1 is 1.32 bits per heavy atom. The molecule has 0 fully saturated rings. The van der Waals surface area contributed by atoms with Crippen molar-refractivity contribution in [3.05, 3.63) is 51.5 Å². The third-order valence-corrected chi connectivity index (χ3v) is 4.45. The van der Waals surface area contributed by atoms with Crippen molar-refractivity contribution < 1.29 is 9.90 Å². The number of aryl methyl sites for hydroxylation is 1. The first-order valence-corrected chi connectivity index (χ1v) is 8.52. The van der Waals surface area contributed by atoms with E-state index in [9.17, 15) is 14.7 Å². The number of hydrogen-bond acceptors (Lipinski definition) is 3. The molecule has 130 valence electrons. The lowest BCUT2D eigenvalue weighted by atomic mass is 9.99. The Morgan fingerprint density at radius 3 is 2.80 bits per heavy atom. The maximum atomic E-state index is 12.4. The second kappa shape index (κ2) is 7.11. The van der Waals surface area contributed by atoms with E-state index in [1.165, 1.54) is 12.3 Å². The number of halogens is 1. The zero-order valence-electron chi connectivity index (χ0n) is 13.8. The summed E-state index contributed by atoms with van der Waals surface area (Å²) in [6, 6.07) is 6.62. The molecule has 0 amide bonds. The fourth-order valence-corrected chi connectivity index (χ4v) is 3.22. The van der Waals surface area contributed by atoms with Gasteiger partial charge in [-0.15, -0.1) is 0 Å². The second-order valence-electron chi connectivity index (χ2n) is 5.82. The molecule has 0 bridgehead atoms. The Hall–Kier alpha value is -2.60. The van der Waals surface area contributed by atoms with Gasteiger partial charge in [0.2, 0.25) is 0 Å². The number of rotatable bonds is 6. The van der Waals surface area contributed by atoms with E-state index >= 15 is 0 Å². The molecule has 25 heavy (non-hydrogen) atoms. The number of nitrogens with zero attached hydrogens (tertiary/aromatic N) is 2. The molecule has 6 nitrogen and oxygen atoms in total. The van der Waals surface area contributed by atoms with Gasteiger partial charge in [0.25, 0.3) is 0 Å². The maximum absolute atomic E-state index is 12.4. The van der Waals surface area contributed by atoms with Gasteiger partial charge < -0.3 is 5.11 Å². The smallest absolute Gasteiger partial charge is 0.336 e. The number of hydrogen-bond donors (Lipinski definition) is 2. The number of carboxylic acids is 1. The van der Waals surface area contributed by atoms with Crippen LogP contribution in [0, 0.1) is 0 Å². The molecule has 0 radical (unpaired) electrons. The summed E-state index contributed by atoms with van der Waals surface area (Å²) in [6.07, 6.45) is 4.30. The Balaban J connectivity index is 2.30. The van der Waals surface area contributed by atoms with E-state index < -0.39 is 5.97 Å². The van der Waals surface area contributed by atoms with Crippen molar-refractivity contribution in [3.63, 3.8) is 0 Å². The number of pyridine rings is 1. The van der Waals surface area contributed by atoms with Crippen molar-refractivity contribution in [2.45, 2.75) is 32.7 Å². The van der Waals surface area contributed by atoms with E-state index in [2.05, 4.69) is 16.9 Å². The average Bonchev–Trinajstić information content (AvgIpc) is 2.91. The van der Waals surface area contributed by atoms with Crippen LogP contribution in [-0.2, 0) is 6.54 Å². The summed E-state index contributed by atoms with van der Waals surface area (Å²) in [5.74, 6) is -1.05. The molecule has 2 N–H and O–H groups in total. The maximum Gasteiger partial charge on any atom is 0.336 e. The van der Waals surface area contributed by atoms with Crippen molar-refractivity contribution in [2.24, 2.45) is 0 Å². The summed E-state index contributed by atoms with van der Waals surface area (Å²) < 4.78 is 1.60. The third kappa shape index (κ3) is 3.17. The fourth-order valence-electron chi connectivity index (χ4n) is 2.98. The van der Waals surface area contributed by atoms with E-state index in [1.54, 1.807) is 22.8 Å². The van der Waals surface area contributed by atoms with Gasteiger partial charge in [0.1, 0.15) is 0 Å². The number of aromatic carboxylic acids is 1. The van der Waals surface area contributed by atoms with Gasteiger partial charge in [0.15, 0.2) is 5.65 Å². The van der Waals surface area contributed by atoms with Gasteiger partial charge in [-0.1, -0.05) is 49.6 Å². The Kier molecular flexibility index (Phi) is 4.90. The minimum Gasteiger partial charge on any atom is -0.478 e. The summed E-state index contributed by atoms with van der Waals surface area (Å²) in [7, 11) is 0. The molecule has 0 saturated heterocycles. The summed E-state index contributed by atoms with van der Waals surface area (Å²) in [4.78, 5) is 30.9. The Morgan fingerprint density at radius 2 is 2.08 bits per heavy atom. The lowest BCUT2D eigenvalue weighted by Crippen LogP contribution is -2.17. The normalized spacial score (nSPS) is 11.1. The number of nitrogens with one attached hydrogen (secondary N) is 1. The quantitative estimate of drug-likeness (QED) is 0.652. The summed E-state index contributed by atoms with van der Waals surface area (Å²) >= 11 is 6.37. The van der Waals surface area contributed by atoms with Gasteiger partial charge in [-0.3, -0.25) is 9.55 Å². The highest BCUT2D eigenvalue weighted by molar-refractivity contribution is 6.34. The number of fused-ring (bicyclic) bond motifs is 1. The fraction of sp³-hybridized carbons (Fsp3) is 0.278. The predicted molar refractivity (Wildman–Crippen MR) is 97.3 cm³/mol. The van der Waals surface area contributed by atoms with Crippen molar-refractivity contribution in [3.8, 4) is 11.1 Å². The number of benzene rings is 1. The Bertz CT molecular complexity index is 991. The van der Waals surface area contributed by atoms with Crippen LogP contribution in [0.25, 0.3) is 22.3 Å². The van der Waals surface area contributed by atoms with Gasteiger partial charge in [-0.05, 0) is 18.1 Å². The number of unbranched alkanes of at least 4 members (excludes halogenated alkanes) is 2. The van der Waals surface area contributed by atoms with E-state index in [4.69, 9.17) is 11.6 Å². The zero-order chi connectivity index (χ0) is 18.0. The summed E-state index contributed by atoms with van der Waals surface area (Å²) in [5, 5.41) is 9.81. The number of aromatic nitrogens is 3. The van der Waals surface area contributed by atoms with Gasteiger partial charge in [-0.2, -0.15) is 0 Å². The van der Waals surface area contributed by atoms with Crippen LogP contribution in [0.4, 0.5) is 0 Å². The molecule has 0 atom stereocenters. The van der Waals surface area contributed by atoms with E-state index in [0.717, 1.165) is 19.3 Å². The number of aromatic amines is 1. The molecule has 0 aliphatic heterocycles. The van der Waals surface area contributed by atoms with Gasteiger partial charge in [0, 0.05) is 18.3 Å². The van der Waals surface area contributed by atoms with Crippen LogP contribution in [0.5, 0.6) is 0 Å². The first-order valence-electron chi connectivity index (χ1n) is 8.14. The second-order valence-corrected chi connectivity index (χ2v) is 6.23. The molecule has 2 heterocycles. The van der Waals surface area contributed by atoms with Crippen LogP contribution in [0.15, 0.2) is 35.3 Å². The number of carboxylic acid groups (broad SMARTS) is 1. The SMILES string of the molecule is CCCCCn1c(=O)[nH]c2ncc(Cl)c(-c3ccccc3C(=O)O)c21. The molecule has 0 aliphatic rings. The van der Waals surface area contributed by atoms with E-state index in [1.807, 2.05) is 0 Å². The molecule has 0 spiro atoms. The van der Waals surface area contributed by atoms with Crippen molar-refractivity contribution >= 4 is 28.7 Å². The standard InChI is InChI=1S/C18H18ClN3O3/c1-2-3-6-9-22-15-14(11-7-4-5-8-12(11)17(23)24)13(19)10-20-16(15)21-18(22)25/h4-5,7-8,10H,2-3,6,9H2,1H3,(H,23,24)(H,20,21,25). The largest absolute Gasteiger partial charge is 0.478 e. The molecule has 1 aromatic carbocycles. The van der Waals surface area contributed by atoms with Crippen LogP contribution in [0.2, 0.25) is 5.02 Å². The lowest BCUT2D eigenvalue weighted by molar-refractivity contribution is 0.0697. The number of carbonyl (C=O) groups is 1. The van der Waals surface area contributed by atoms with Crippen molar-refractivity contribution in [1.82, 2.24) is 14.5 Å². The molecule has 3 aromatic rings.